The highest BCUT2D eigenvalue weighted by atomic mass is 32.2. The number of ether oxygens (including phenoxy) is 2. The van der Waals surface area contributed by atoms with Gasteiger partial charge in [0, 0.05) is 19.3 Å². The molecule has 1 heterocycles. The second-order valence-corrected chi connectivity index (χ2v) is 7.49. The van der Waals surface area contributed by atoms with E-state index in [2.05, 4.69) is 15.0 Å². The van der Waals surface area contributed by atoms with Gasteiger partial charge in [-0.15, -0.1) is 0 Å². The fourth-order valence-electron chi connectivity index (χ4n) is 2.72. The number of carbonyl (C=O) groups excluding carboxylic acids is 1. The van der Waals surface area contributed by atoms with Crippen molar-refractivity contribution in [3.63, 3.8) is 0 Å². The Balaban J connectivity index is 1.69. The number of para-hydroxylation sites is 2. The number of halogens is 2. The first-order chi connectivity index (χ1) is 14.0. The number of benzene rings is 2. The lowest BCUT2D eigenvalue weighted by Crippen LogP contribution is -2.23. The summed E-state index contributed by atoms with van der Waals surface area (Å²) in [6.07, 6.45) is 0. The first-order valence-corrected chi connectivity index (χ1v) is 9.82. The van der Waals surface area contributed by atoms with Crippen LogP contribution in [0.3, 0.4) is 0 Å². The average Bonchev–Trinajstić information content (AvgIpc) is 3.04. The van der Waals surface area contributed by atoms with Gasteiger partial charge in [0.1, 0.15) is 5.75 Å². The fraction of sp³-hybridized carbons (Fsp3) is 0.300. The lowest BCUT2D eigenvalue weighted by molar-refractivity contribution is -0.115. The summed E-state index contributed by atoms with van der Waals surface area (Å²) >= 11 is 1.35. The number of alkyl halides is 2. The number of hydrogen-bond donors (Lipinski definition) is 1. The van der Waals surface area contributed by atoms with E-state index in [9.17, 15) is 13.6 Å². The number of nitrogens with zero attached hydrogens (tertiary/aromatic N) is 2. The maximum absolute atomic E-state index is 12.6. The molecule has 9 heteroatoms. The molecule has 1 atom stereocenters. The minimum Gasteiger partial charge on any atom is -0.435 e. The first-order valence-electron chi connectivity index (χ1n) is 8.94. The highest BCUT2D eigenvalue weighted by Gasteiger charge is 2.19. The van der Waals surface area contributed by atoms with Crippen molar-refractivity contribution in [2.75, 3.05) is 19.0 Å². The molecule has 1 amide bonds. The second-order valence-electron chi connectivity index (χ2n) is 6.18. The Bertz CT molecular complexity index is 963. The van der Waals surface area contributed by atoms with E-state index in [1.165, 1.54) is 36.0 Å². The van der Waals surface area contributed by atoms with E-state index in [1.807, 2.05) is 28.8 Å². The summed E-state index contributed by atoms with van der Waals surface area (Å²) in [4.78, 5) is 17.2. The summed E-state index contributed by atoms with van der Waals surface area (Å²) in [6.45, 7) is 0.0546. The highest BCUT2D eigenvalue weighted by molar-refractivity contribution is 8.00. The van der Waals surface area contributed by atoms with E-state index in [0.29, 0.717) is 18.8 Å². The van der Waals surface area contributed by atoms with Crippen LogP contribution in [0.25, 0.3) is 11.0 Å². The van der Waals surface area contributed by atoms with Crippen LogP contribution >= 0.6 is 11.8 Å². The monoisotopic (exact) mass is 421 g/mol. The van der Waals surface area contributed by atoms with Crippen LogP contribution < -0.4 is 10.1 Å². The quantitative estimate of drug-likeness (QED) is 0.519. The van der Waals surface area contributed by atoms with E-state index >= 15 is 0 Å². The number of hydrogen-bond acceptors (Lipinski definition) is 5. The van der Waals surface area contributed by atoms with Crippen molar-refractivity contribution in [1.29, 1.82) is 0 Å². The molecule has 0 aliphatic carbocycles. The maximum atomic E-state index is 12.6. The van der Waals surface area contributed by atoms with Crippen LogP contribution in [0, 0.1) is 0 Å². The Morgan fingerprint density at radius 2 is 1.93 bits per heavy atom. The molecule has 2 aromatic carbocycles. The number of methoxy groups -OCH3 is 1. The van der Waals surface area contributed by atoms with Gasteiger partial charge in [-0.25, -0.2) is 4.98 Å². The Morgan fingerprint density at radius 1 is 1.21 bits per heavy atom. The Hall–Kier alpha value is -2.65. The van der Waals surface area contributed by atoms with Gasteiger partial charge in [0.05, 0.1) is 22.9 Å². The van der Waals surface area contributed by atoms with Crippen LogP contribution in [-0.4, -0.2) is 41.0 Å². The maximum Gasteiger partial charge on any atom is 0.387 e. The molecule has 154 valence electrons. The van der Waals surface area contributed by atoms with E-state index < -0.39 is 11.9 Å². The van der Waals surface area contributed by atoms with Crippen molar-refractivity contribution in [3.05, 3.63) is 48.5 Å². The third kappa shape index (κ3) is 5.45. The largest absolute Gasteiger partial charge is 0.435 e. The standard InChI is InChI=1S/C20H21F2N3O3S/c1-13(18(26)23-14-7-9-15(10-8-14)28-19(21)22)29-20-24-16-5-3-4-6-17(16)25(20)11-12-27-2/h3-10,13,19H,11-12H2,1-2H3,(H,23,26). The summed E-state index contributed by atoms with van der Waals surface area (Å²) in [5.41, 5.74) is 2.33. The van der Waals surface area contributed by atoms with Gasteiger partial charge in [-0.3, -0.25) is 4.79 Å². The highest BCUT2D eigenvalue weighted by Crippen LogP contribution is 2.28. The van der Waals surface area contributed by atoms with Gasteiger partial charge in [-0.05, 0) is 43.3 Å². The summed E-state index contributed by atoms with van der Waals surface area (Å²) in [6, 6.07) is 13.6. The van der Waals surface area contributed by atoms with Gasteiger partial charge in [0.25, 0.3) is 0 Å². The molecule has 0 fully saturated rings. The van der Waals surface area contributed by atoms with E-state index in [4.69, 9.17) is 4.74 Å². The van der Waals surface area contributed by atoms with Crippen LogP contribution in [0.4, 0.5) is 14.5 Å². The third-order valence-corrected chi connectivity index (χ3v) is 5.23. The average molecular weight is 421 g/mol. The van der Waals surface area contributed by atoms with Crippen molar-refractivity contribution < 1.29 is 23.0 Å². The van der Waals surface area contributed by atoms with Crippen LogP contribution in [0.5, 0.6) is 5.75 Å². The SMILES string of the molecule is COCCn1c(SC(C)C(=O)Nc2ccc(OC(F)F)cc2)nc2ccccc21. The number of thioether (sulfide) groups is 1. The minimum absolute atomic E-state index is 0.0345. The number of anilines is 1. The molecule has 1 unspecified atom stereocenters. The Kier molecular flexibility index (Phi) is 7.05. The molecule has 1 aromatic heterocycles. The number of fused-ring (bicyclic) bond motifs is 1. The van der Waals surface area contributed by atoms with Gasteiger partial charge in [-0.1, -0.05) is 23.9 Å². The molecule has 0 saturated carbocycles. The third-order valence-electron chi connectivity index (χ3n) is 4.14. The normalized spacial score (nSPS) is 12.3. The zero-order valence-corrected chi connectivity index (χ0v) is 16.8. The smallest absolute Gasteiger partial charge is 0.387 e. The molecule has 0 radical (unpaired) electrons. The second kappa shape index (κ2) is 9.71. The summed E-state index contributed by atoms with van der Waals surface area (Å²) < 4.78 is 36.0. The van der Waals surface area contributed by atoms with Gasteiger partial charge < -0.3 is 19.4 Å². The molecule has 29 heavy (non-hydrogen) atoms. The van der Waals surface area contributed by atoms with Crippen LogP contribution in [0.1, 0.15) is 6.92 Å². The molecular weight excluding hydrogens is 400 g/mol. The van der Waals surface area contributed by atoms with Crippen LogP contribution in [-0.2, 0) is 16.1 Å². The lowest BCUT2D eigenvalue weighted by Gasteiger charge is -2.14. The molecule has 0 aliphatic heterocycles. The predicted molar refractivity (Wildman–Crippen MR) is 109 cm³/mol. The van der Waals surface area contributed by atoms with Gasteiger partial charge in [-0.2, -0.15) is 8.78 Å². The summed E-state index contributed by atoms with van der Waals surface area (Å²) in [5, 5.41) is 3.08. The predicted octanol–water partition coefficient (Wildman–Crippen LogP) is 4.40. The Morgan fingerprint density at radius 3 is 2.62 bits per heavy atom. The summed E-state index contributed by atoms with van der Waals surface area (Å²) in [5.74, 6) is -0.185. The van der Waals surface area contributed by atoms with Crippen molar-refractivity contribution >= 4 is 34.4 Å². The number of carbonyl (C=O) groups is 1. The molecule has 3 aromatic rings. The number of rotatable bonds is 9. The van der Waals surface area contributed by atoms with Crippen molar-refractivity contribution in [2.45, 2.75) is 30.5 Å². The molecule has 0 aliphatic rings. The molecule has 0 saturated heterocycles. The minimum atomic E-state index is -2.88. The number of aromatic nitrogens is 2. The molecule has 3 rings (SSSR count). The zero-order valence-electron chi connectivity index (χ0n) is 16.0. The summed E-state index contributed by atoms with van der Waals surface area (Å²) in [7, 11) is 1.64. The van der Waals surface area contributed by atoms with Crippen molar-refractivity contribution in [1.82, 2.24) is 9.55 Å². The van der Waals surface area contributed by atoms with Crippen molar-refractivity contribution in [3.8, 4) is 5.75 Å². The van der Waals surface area contributed by atoms with Crippen molar-refractivity contribution in [2.24, 2.45) is 0 Å². The van der Waals surface area contributed by atoms with E-state index in [-0.39, 0.29) is 11.7 Å². The van der Waals surface area contributed by atoms with Gasteiger partial charge in [0.15, 0.2) is 5.16 Å². The fourth-order valence-corrected chi connectivity index (χ4v) is 3.67. The van der Waals surface area contributed by atoms with Crippen LogP contribution in [0.2, 0.25) is 0 Å². The number of imidazole rings is 1. The number of amides is 1. The van der Waals surface area contributed by atoms with E-state index in [0.717, 1.165) is 16.2 Å². The van der Waals surface area contributed by atoms with Gasteiger partial charge in [0.2, 0.25) is 5.91 Å². The molecule has 6 nitrogen and oxygen atoms in total. The first kappa shape index (κ1) is 21.1. The Labute approximate surface area is 171 Å². The molecular formula is C20H21F2N3O3S. The lowest BCUT2D eigenvalue weighted by atomic mass is 10.3. The molecule has 0 spiro atoms. The zero-order chi connectivity index (χ0) is 20.8. The molecule has 0 bridgehead atoms. The topological polar surface area (TPSA) is 65.4 Å². The molecule has 1 N–H and O–H groups in total. The van der Waals surface area contributed by atoms with E-state index in [1.54, 1.807) is 14.0 Å². The van der Waals surface area contributed by atoms with Crippen LogP contribution in [0.15, 0.2) is 53.7 Å². The number of nitrogens with one attached hydrogen (secondary N) is 1. The van der Waals surface area contributed by atoms with Gasteiger partial charge >= 0.3 is 6.61 Å².